The van der Waals surface area contributed by atoms with Crippen molar-refractivity contribution in [1.82, 2.24) is 10.2 Å². The summed E-state index contributed by atoms with van der Waals surface area (Å²) in [5.41, 5.74) is 1.03. The van der Waals surface area contributed by atoms with Crippen LogP contribution in [-0.4, -0.2) is 54.3 Å². The molecule has 5 nitrogen and oxygen atoms in total. The second-order valence-corrected chi connectivity index (χ2v) is 7.83. The molecule has 0 aliphatic carbocycles. The van der Waals surface area contributed by atoms with Gasteiger partial charge in [-0.25, -0.2) is 0 Å². The van der Waals surface area contributed by atoms with Gasteiger partial charge in [-0.15, -0.1) is 0 Å². The maximum absolute atomic E-state index is 12.4. The van der Waals surface area contributed by atoms with E-state index in [-0.39, 0.29) is 17.4 Å². The Morgan fingerprint density at radius 1 is 1.24 bits per heavy atom. The van der Waals surface area contributed by atoms with E-state index < -0.39 is 0 Å². The van der Waals surface area contributed by atoms with E-state index in [0.29, 0.717) is 26.0 Å². The summed E-state index contributed by atoms with van der Waals surface area (Å²) in [6.07, 6.45) is 2.62. The summed E-state index contributed by atoms with van der Waals surface area (Å²) >= 11 is 1.80. The van der Waals surface area contributed by atoms with E-state index in [1.54, 1.807) is 11.8 Å². The van der Waals surface area contributed by atoms with Crippen LogP contribution in [0.4, 0.5) is 0 Å². The molecule has 136 valence electrons. The fourth-order valence-corrected chi connectivity index (χ4v) is 4.22. The number of likely N-dealkylation sites (tertiary alicyclic amines) is 1. The zero-order valence-corrected chi connectivity index (χ0v) is 15.4. The number of amides is 2. The topological polar surface area (TPSA) is 58.6 Å². The lowest BCUT2D eigenvalue weighted by molar-refractivity contribution is -0.137. The molecule has 1 aromatic rings. The largest absolute Gasteiger partial charge is 0.372 e. The molecule has 0 saturated carbocycles. The summed E-state index contributed by atoms with van der Waals surface area (Å²) in [6.45, 7) is 2.49. The number of benzene rings is 1. The molecule has 1 spiro atoms. The van der Waals surface area contributed by atoms with Gasteiger partial charge in [0, 0.05) is 44.0 Å². The van der Waals surface area contributed by atoms with E-state index in [1.165, 1.54) is 5.56 Å². The minimum absolute atomic E-state index is 0.0609. The average molecular weight is 362 g/mol. The number of hydrogen-bond donors (Lipinski definition) is 1. The molecule has 1 N–H and O–H groups in total. The second kappa shape index (κ2) is 8.72. The number of ether oxygens (including phenoxy) is 1. The lowest BCUT2D eigenvalue weighted by Gasteiger charge is -2.40. The van der Waals surface area contributed by atoms with Crippen molar-refractivity contribution in [2.24, 2.45) is 0 Å². The number of rotatable bonds is 5. The van der Waals surface area contributed by atoms with Gasteiger partial charge >= 0.3 is 0 Å². The Balaban J connectivity index is 1.37. The summed E-state index contributed by atoms with van der Waals surface area (Å²) in [6, 6.07) is 10.3. The SMILES string of the molecule is O=C1CCOC2(CCN(C(=O)CCSCc3ccccc3)CC2)CN1. The van der Waals surface area contributed by atoms with Crippen molar-refractivity contribution in [2.75, 3.05) is 32.0 Å². The van der Waals surface area contributed by atoms with E-state index in [4.69, 9.17) is 4.74 Å². The van der Waals surface area contributed by atoms with E-state index in [1.807, 2.05) is 23.1 Å². The number of nitrogens with zero attached hydrogens (tertiary/aromatic N) is 1. The lowest BCUT2D eigenvalue weighted by Crippen LogP contribution is -2.52. The predicted molar refractivity (Wildman–Crippen MR) is 99.3 cm³/mol. The highest BCUT2D eigenvalue weighted by Gasteiger charge is 2.38. The normalized spacial score (nSPS) is 20.2. The van der Waals surface area contributed by atoms with E-state index in [0.717, 1.165) is 37.4 Å². The van der Waals surface area contributed by atoms with Crippen LogP contribution in [0.3, 0.4) is 0 Å². The Morgan fingerprint density at radius 2 is 2.00 bits per heavy atom. The van der Waals surface area contributed by atoms with Crippen molar-refractivity contribution in [3.05, 3.63) is 35.9 Å². The van der Waals surface area contributed by atoms with E-state index in [9.17, 15) is 9.59 Å². The third kappa shape index (κ3) is 5.22. The number of thioether (sulfide) groups is 1. The van der Waals surface area contributed by atoms with Crippen LogP contribution in [0.15, 0.2) is 30.3 Å². The number of carbonyl (C=O) groups excluding carboxylic acids is 2. The van der Waals surface area contributed by atoms with Gasteiger partial charge in [0.05, 0.1) is 12.2 Å². The Hall–Kier alpha value is -1.53. The molecular weight excluding hydrogens is 336 g/mol. The van der Waals surface area contributed by atoms with Gasteiger partial charge in [0.25, 0.3) is 0 Å². The van der Waals surface area contributed by atoms with Gasteiger partial charge in [-0.05, 0) is 18.4 Å². The molecule has 3 rings (SSSR count). The van der Waals surface area contributed by atoms with Crippen LogP contribution in [0, 0.1) is 0 Å². The molecule has 6 heteroatoms. The molecule has 2 heterocycles. The maximum Gasteiger partial charge on any atom is 0.223 e. The molecule has 2 saturated heterocycles. The van der Waals surface area contributed by atoms with Crippen molar-refractivity contribution in [2.45, 2.75) is 37.0 Å². The van der Waals surface area contributed by atoms with Crippen LogP contribution < -0.4 is 5.32 Å². The fourth-order valence-electron chi connectivity index (χ4n) is 3.33. The summed E-state index contributed by atoms with van der Waals surface area (Å²) in [5.74, 6) is 2.09. The summed E-state index contributed by atoms with van der Waals surface area (Å²) < 4.78 is 5.95. The molecule has 0 atom stereocenters. The Kier molecular flexibility index (Phi) is 6.37. The van der Waals surface area contributed by atoms with Crippen LogP contribution in [0.2, 0.25) is 0 Å². The molecule has 2 fully saturated rings. The van der Waals surface area contributed by atoms with E-state index in [2.05, 4.69) is 17.4 Å². The monoisotopic (exact) mass is 362 g/mol. The van der Waals surface area contributed by atoms with Crippen molar-refractivity contribution >= 4 is 23.6 Å². The maximum atomic E-state index is 12.4. The minimum Gasteiger partial charge on any atom is -0.372 e. The first-order valence-electron chi connectivity index (χ1n) is 8.97. The average Bonchev–Trinajstić information content (AvgIpc) is 2.82. The van der Waals surface area contributed by atoms with Crippen LogP contribution in [-0.2, 0) is 20.1 Å². The fraction of sp³-hybridized carbons (Fsp3) is 0.579. The highest BCUT2D eigenvalue weighted by atomic mass is 32.2. The summed E-state index contributed by atoms with van der Waals surface area (Å²) in [4.78, 5) is 25.8. The summed E-state index contributed by atoms with van der Waals surface area (Å²) in [5, 5.41) is 2.94. The van der Waals surface area contributed by atoms with Crippen LogP contribution >= 0.6 is 11.8 Å². The molecule has 0 unspecified atom stereocenters. The number of carbonyl (C=O) groups is 2. The van der Waals surface area contributed by atoms with Gasteiger partial charge < -0.3 is 15.0 Å². The van der Waals surface area contributed by atoms with Crippen LogP contribution in [0.25, 0.3) is 0 Å². The highest BCUT2D eigenvalue weighted by Crippen LogP contribution is 2.28. The minimum atomic E-state index is -0.273. The first kappa shape index (κ1) is 18.3. The van der Waals surface area contributed by atoms with Gasteiger partial charge in [0.2, 0.25) is 11.8 Å². The van der Waals surface area contributed by atoms with Crippen LogP contribution in [0.1, 0.15) is 31.2 Å². The Labute approximate surface area is 153 Å². The van der Waals surface area contributed by atoms with Crippen LogP contribution in [0.5, 0.6) is 0 Å². The van der Waals surface area contributed by atoms with Gasteiger partial charge in [0.15, 0.2) is 0 Å². The van der Waals surface area contributed by atoms with Crippen molar-refractivity contribution in [3.63, 3.8) is 0 Å². The molecule has 2 aliphatic rings. The zero-order chi connectivity index (χ0) is 17.5. The third-order valence-corrected chi connectivity index (χ3v) is 5.97. The number of piperidine rings is 1. The smallest absolute Gasteiger partial charge is 0.223 e. The first-order chi connectivity index (χ1) is 12.2. The third-order valence-electron chi connectivity index (χ3n) is 4.94. The number of nitrogens with one attached hydrogen (secondary N) is 1. The zero-order valence-electron chi connectivity index (χ0n) is 14.5. The Morgan fingerprint density at radius 3 is 2.76 bits per heavy atom. The van der Waals surface area contributed by atoms with Gasteiger partial charge in [0.1, 0.15) is 0 Å². The van der Waals surface area contributed by atoms with Crippen molar-refractivity contribution in [3.8, 4) is 0 Å². The van der Waals surface area contributed by atoms with Gasteiger partial charge in [-0.2, -0.15) is 11.8 Å². The molecule has 2 aliphatic heterocycles. The quantitative estimate of drug-likeness (QED) is 0.816. The van der Waals surface area contributed by atoms with Crippen molar-refractivity contribution < 1.29 is 14.3 Å². The molecule has 0 radical (unpaired) electrons. The van der Waals surface area contributed by atoms with Crippen molar-refractivity contribution in [1.29, 1.82) is 0 Å². The predicted octanol–water partition coefficient (Wildman–Crippen LogP) is 2.21. The molecular formula is C19H26N2O3S. The lowest BCUT2D eigenvalue weighted by atomic mass is 9.91. The molecule has 1 aromatic carbocycles. The Bertz CT molecular complexity index is 586. The highest BCUT2D eigenvalue weighted by molar-refractivity contribution is 7.98. The van der Waals surface area contributed by atoms with E-state index >= 15 is 0 Å². The molecule has 25 heavy (non-hydrogen) atoms. The second-order valence-electron chi connectivity index (χ2n) is 6.73. The molecule has 0 aromatic heterocycles. The molecule has 2 amide bonds. The van der Waals surface area contributed by atoms with Gasteiger partial charge in [-0.3, -0.25) is 9.59 Å². The standard InChI is InChI=1S/C19H26N2O3S/c22-17-6-12-24-19(15-20-17)8-10-21(11-9-19)18(23)7-13-25-14-16-4-2-1-3-5-16/h1-5H,6-15H2,(H,20,22). The number of hydrogen-bond acceptors (Lipinski definition) is 4. The first-order valence-corrected chi connectivity index (χ1v) is 10.1. The summed E-state index contributed by atoms with van der Waals surface area (Å²) in [7, 11) is 0. The molecule has 0 bridgehead atoms. The van der Waals surface area contributed by atoms with Gasteiger partial charge in [-0.1, -0.05) is 30.3 Å².